The fourth-order valence-corrected chi connectivity index (χ4v) is 6.73. The Bertz CT molecular complexity index is 407. The Morgan fingerprint density at radius 1 is 1.16 bits per heavy atom. The number of hydrogen-bond donors (Lipinski definition) is 1. The van der Waals surface area contributed by atoms with E-state index in [2.05, 4.69) is 6.92 Å². The normalized spacial score (nSPS) is 56.7. The van der Waals surface area contributed by atoms with Crippen molar-refractivity contribution in [2.75, 3.05) is 0 Å². The fourth-order valence-electron chi connectivity index (χ4n) is 6.73. The molecule has 0 aromatic rings. The maximum Gasteiger partial charge on any atom is 0.414 e. The van der Waals surface area contributed by atoms with Crippen molar-refractivity contribution < 1.29 is 18.3 Å². The highest BCUT2D eigenvalue weighted by Crippen LogP contribution is 2.74. The number of hydrogen-bond acceptors (Lipinski definition) is 1. The van der Waals surface area contributed by atoms with Gasteiger partial charge in [-0.1, -0.05) is 6.92 Å². The van der Waals surface area contributed by atoms with Crippen LogP contribution in [0.1, 0.15) is 39.0 Å². The van der Waals surface area contributed by atoms with Gasteiger partial charge in [-0.15, -0.1) is 0 Å². The van der Waals surface area contributed by atoms with E-state index < -0.39 is 18.2 Å². The topological polar surface area (TPSA) is 20.2 Å². The molecular formula is C15H21F3O. The van der Waals surface area contributed by atoms with Crippen LogP contribution in [0.4, 0.5) is 13.2 Å². The second kappa shape index (κ2) is 3.49. The third-order valence-electron chi connectivity index (χ3n) is 6.97. The van der Waals surface area contributed by atoms with Gasteiger partial charge in [-0.05, 0) is 73.0 Å². The first-order valence-electron chi connectivity index (χ1n) is 7.56. The molecule has 4 fully saturated rings. The van der Waals surface area contributed by atoms with Crippen LogP contribution in [0.15, 0.2) is 0 Å². The van der Waals surface area contributed by atoms with Crippen molar-refractivity contribution in [2.45, 2.75) is 51.3 Å². The van der Waals surface area contributed by atoms with Gasteiger partial charge in [0.05, 0.1) is 0 Å². The van der Waals surface area contributed by atoms with E-state index in [1.54, 1.807) is 0 Å². The van der Waals surface area contributed by atoms with E-state index in [0.29, 0.717) is 24.2 Å². The molecule has 1 nitrogen and oxygen atoms in total. The van der Waals surface area contributed by atoms with Crippen molar-refractivity contribution in [3.8, 4) is 0 Å². The molecule has 4 saturated carbocycles. The first-order valence-corrected chi connectivity index (χ1v) is 7.56. The molecule has 108 valence electrons. The van der Waals surface area contributed by atoms with E-state index in [4.69, 9.17) is 0 Å². The summed E-state index contributed by atoms with van der Waals surface area (Å²) in [5.41, 5.74) is 0.0755. The number of halogens is 3. The van der Waals surface area contributed by atoms with Gasteiger partial charge in [-0.3, -0.25) is 0 Å². The minimum absolute atomic E-state index is 0.0755. The second-order valence-corrected chi connectivity index (χ2v) is 7.81. The van der Waals surface area contributed by atoms with Crippen LogP contribution in [0, 0.1) is 40.9 Å². The summed E-state index contributed by atoms with van der Waals surface area (Å²) in [4.78, 5) is 0. The molecule has 4 aliphatic rings. The monoisotopic (exact) mass is 274 g/mol. The van der Waals surface area contributed by atoms with Crippen LogP contribution < -0.4 is 0 Å². The van der Waals surface area contributed by atoms with Crippen LogP contribution in [-0.2, 0) is 0 Å². The molecule has 4 heteroatoms. The molecule has 0 radical (unpaired) electrons. The molecule has 0 amide bonds. The number of aliphatic hydroxyl groups is 1. The Kier molecular flexibility index (Phi) is 2.30. The minimum Gasteiger partial charge on any atom is -0.383 e. The van der Waals surface area contributed by atoms with Gasteiger partial charge in [0.2, 0.25) is 0 Å². The highest BCUT2D eigenvalue weighted by molar-refractivity contribution is 5.16. The average Bonchev–Trinajstić information content (AvgIpc) is 3.00. The Hall–Kier alpha value is -0.250. The lowest BCUT2D eigenvalue weighted by molar-refractivity contribution is -0.228. The highest BCUT2D eigenvalue weighted by Gasteiger charge is 2.69. The molecule has 0 aromatic carbocycles. The van der Waals surface area contributed by atoms with Crippen molar-refractivity contribution >= 4 is 0 Å². The third kappa shape index (κ3) is 1.47. The molecule has 8 atom stereocenters. The Labute approximate surface area is 111 Å². The number of alkyl halides is 3. The number of rotatable bonds is 1. The van der Waals surface area contributed by atoms with Crippen LogP contribution in [0.5, 0.6) is 0 Å². The van der Waals surface area contributed by atoms with Gasteiger partial charge >= 0.3 is 6.18 Å². The van der Waals surface area contributed by atoms with Gasteiger partial charge in [0.15, 0.2) is 6.10 Å². The summed E-state index contributed by atoms with van der Waals surface area (Å²) >= 11 is 0. The first-order chi connectivity index (χ1) is 8.81. The number of aliphatic hydroxyl groups excluding tert-OH is 1. The molecule has 8 unspecified atom stereocenters. The minimum atomic E-state index is -4.45. The van der Waals surface area contributed by atoms with Gasteiger partial charge in [0, 0.05) is 0 Å². The lowest BCUT2D eigenvalue weighted by atomic mass is 9.61. The first kappa shape index (κ1) is 12.5. The highest BCUT2D eigenvalue weighted by atomic mass is 19.4. The maximum absolute atomic E-state index is 12.8. The van der Waals surface area contributed by atoms with E-state index in [0.717, 1.165) is 12.3 Å². The van der Waals surface area contributed by atoms with Crippen LogP contribution in [-0.4, -0.2) is 17.4 Å². The van der Waals surface area contributed by atoms with Crippen molar-refractivity contribution in [3.63, 3.8) is 0 Å². The Balaban J connectivity index is 1.64. The van der Waals surface area contributed by atoms with Gasteiger partial charge in [0.25, 0.3) is 0 Å². The lowest BCUT2D eigenvalue weighted by Crippen LogP contribution is -2.45. The zero-order valence-corrected chi connectivity index (χ0v) is 11.2. The van der Waals surface area contributed by atoms with E-state index in [-0.39, 0.29) is 11.3 Å². The summed E-state index contributed by atoms with van der Waals surface area (Å²) in [6, 6.07) is 0. The van der Waals surface area contributed by atoms with Crippen molar-refractivity contribution in [3.05, 3.63) is 0 Å². The van der Waals surface area contributed by atoms with Gasteiger partial charge in [-0.2, -0.15) is 13.2 Å². The third-order valence-corrected chi connectivity index (χ3v) is 6.97. The molecule has 0 heterocycles. The summed E-state index contributed by atoms with van der Waals surface area (Å²) in [6.07, 6.45) is -1.28. The van der Waals surface area contributed by atoms with Crippen LogP contribution >= 0.6 is 0 Å². The predicted molar refractivity (Wildman–Crippen MR) is 64.2 cm³/mol. The SMILES string of the molecule is CC12CC(C(C(O)C(F)(F)F)C1)C1C3CCC(C3)C12. The van der Waals surface area contributed by atoms with Crippen molar-refractivity contribution in [1.29, 1.82) is 0 Å². The van der Waals surface area contributed by atoms with E-state index >= 15 is 0 Å². The molecule has 1 N–H and O–H groups in total. The quantitative estimate of drug-likeness (QED) is 0.724. The van der Waals surface area contributed by atoms with Gasteiger partial charge < -0.3 is 5.11 Å². The number of fused-ring (bicyclic) bond motifs is 9. The maximum atomic E-state index is 12.8. The van der Waals surface area contributed by atoms with Crippen molar-refractivity contribution in [2.24, 2.45) is 40.9 Å². The molecule has 0 saturated heterocycles. The van der Waals surface area contributed by atoms with E-state index in [9.17, 15) is 18.3 Å². The largest absolute Gasteiger partial charge is 0.414 e. The molecule has 0 aromatic heterocycles. The Morgan fingerprint density at radius 3 is 2.53 bits per heavy atom. The van der Waals surface area contributed by atoms with Crippen molar-refractivity contribution in [1.82, 2.24) is 0 Å². The second-order valence-electron chi connectivity index (χ2n) is 7.81. The molecule has 4 aliphatic carbocycles. The van der Waals surface area contributed by atoms with Crippen LogP contribution in [0.25, 0.3) is 0 Å². The van der Waals surface area contributed by atoms with Crippen LogP contribution in [0.3, 0.4) is 0 Å². The van der Waals surface area contributed by atoms with E-state index in [1.165, 1.54) is 19.3 Å². The van der Waals surface area contributed by atoms with Crippen LogP contribution in [0.2, 0.25) is 0 Å². The van der Waals surface area contributed by atoms with E-state index in [1.807, 2.05) is 0 Å². The Morgan fingerprint density at radius 2 is 1.84 bits per heavy atom. The summed E-state index contributed by atoms with van der Waals surface area (Å²) in [7, 11) is 0. The zero-order chi connectivity index (χ0) is 13.6. The predicted octanol–water partition coefficient (Wildman–Crippen LogP) is 3.62. The van der Waals surface area contributed by atoms with Gasteiger partial charge in [0.1, 0.15) is 0 Å². The summed E-state index contributed by atoms with van der Waals surface area (Å²) < 4.78 is 38.5. The zero-order valence-electron chi connectivity index (χ0n) is 11.2. The lowest BCUT2D eigenvalue weighted by Gasteiger charge is -2.44. The smallest absolute Gasteiger partial charge is 0.383 e. The standard InChI is InChI=1S/C15H21F3O/c1-14-5-9(10(6-14)13(19)15(16,17)18)11-7-2-3-8(4-7)12(11)14/h7-13,19H,2-6H2,1H3. The summed E-state index contributed by atoms with van der Waals surface area (Å²) in [6.45, 7) is 2.19. The summed E-state index contributed by atoms with van der Waals surface area (Å²) in [5, 5.41) is 9.69. The molecule has 4 bridgehead atoms. The molecule has 19 heavy (non-hydrogen) atoms. The molecular weight excluding hydrogens is 253 g/mol. The average molecular weight is 274 g/mol. The molecule has 0 aliphatic heterocycles. The fraction of sp³-hybridized carbons (Fsp3) is 1.00. The molecule has 0 spiro atoms. The summed E-state index contributed by atoms with van der Waals surface area (Å²) in [5.74, 6) is 2.17. The van der Waals surface area contributed by atoms with Gasteiger partial charge in [-0.25, -0.2) is 0 Å². The molecule has 4 rings (SSSR count).